The molecule has 124 valence electrons. The lowest BCUT2D eigenvalue weighted by atomic mass is 10.3. The highest BCUT2D eigenvalue weighted by Gasteiger charge is 2.14. The average Bonchev–Trinajstić information content (AvgIpc) is 2.88. The molecule has 0 aliphatic heterocycles. The summed E-state index contributed by atoms with van der Waals surface area (Å²) in [6.07, 6.45) is 0. The molecule has 0 spiro atoms. The Labute approximate surface area is 140 Å². The van der Waals surface area contributed by atoms with Crippen molar-refractivity contribution in [3.63, 3.8) is 0 Å². The van der Waals surface area contributed by atoms with Gasteiger partial charge in [-0.1, -0.05) is 0 Å². The summed E-state index contributed by atoms with van der Waals surface area (Å²) in [7, 11) is -3.71. The van der Waals surface area contributed by atoms with Gasteiger partial charge in [0, 0.05) is 22.8 Å². The van der Waals surface area contributed by atoms with E-state index in [1.54, 1.807) is 24.3 Å². The molecule has 0 fully saturated rings. The number of nitrogens with one attached hydrogen (secondary N) is 1. The molecule has 0 bridgehead atoms. The minimum Gasteiger partial charge on any atom is -0.319 e. The standard InChI is InChI=1S/C18H17FN2O2S/c1-13-3-4-14(2)21(13)17-9-11-18(12-10-17)24(22,23)20-16-7-5-15(19)6-8-16/h3-12,20H,1-2H3. The van der Waals surface area contributed by atoms with Crippen molar-refractivity contribution in [2.24, 2.45) is 0 Å². The molecule has 3 aromatic rings. The number of hydrogen-bond acceptors (Lipinski definition) is 2. The number of sulfonamides is 1. The fourth-order valence-corrected chi connectivity index (χ4v) is 3.64. The maximum absolute atomic E-state index is 12.9. The summed E-state index contributed by atoms with van der Waals surface area (Å²) in [5.74, 6) is -0.417. The molecule has 0 aliphatic carbocycles. The predicted molar refractivity (Wildman–Crippen MR) is 92.5 cm³/mol. The van der Waals surface area contributed by atoms with Gasteiger partial charge < -0.3 is 4.57 Å². The fraction of sp³-hybridized carbons (Fsp3) is 0.111. The SMILES string of the molecule is Cc1ccc(C)n1-c1ccc(S(=O)(=O)Nc2ccc(F)cc2)cc1. The smallest absolute Gasteiger partial charge is 0.261 e. The second kappa shape index (κ2) is 6.13. The van der Waals surface area contributed by atoms with E-state index in [-0.39, 0.29) is 4.90 Å². The second-order valence-corrected chi connectivity index (χ2v) is 7.24. The summed E-state index contributed by atoms with van der Waals surface area (Å²) < 4.78 is 42.2. The number of aromatic nitrogens is 1. The van der Waals surface area contributed by atoms with Gasteiger partial charge in [0.1, 0.15) is 5.82 Å². The number of anilines is 1. The van der Waals surface area contributed by atoms with Gasteiger partial charge in [0.25, 0.3) is 10.0 Å². The van der Waals surface area contributed by atoms with Crippen LogP contribution in [0.15, 0.2) is 65.6 Å². The van der Waals surface area contributed by atoms with Crippen LogP contribution in [0.1, 0.15) is 11.4 Å². The highest BCUT2D eigenvalue weighted by Crippen LogP contribution is 2.20. The number of nitrogens with zero attached hydrogens (tertiary/aromatic N) is 1. The fourth-order valence-electron chi connectivity index (χ4n) is 2.58. The molecule has 1 N–H and O–H groups in total. The van der Waals surface area contributed by atoms with E-state index < -0.39 is 15.8 Å². The van der Waals surface area contributed by atoms with Crippen molar-refractivity contribution in [2.45, 2.75) is 18.7 Å². The molecule has 0 unspecified atom stereocenters. The number of rotatable bonds is 4. The van der Waals surface area contributed by atoms with Crippen LogP contribution in [0.4, 0.5) is 10.1 Å². The molecule has 6 heteroatoms. The van der Waals surface area contributed by atoms with Crippen LogP contribution < -0.4 is 4.72 Å². The van der Waals surface area contributed by atoms with Gasteiger partial charge in [0.15, 0.2) is 0 Å². The molecule has 3 rings (SSSR count). The Hall–Kier alpha value is -2.60. The lowest BCUT2D eigenvalue weighted by molar-refractivity contribution is 0.601. The lowest BCUT2D eigenvalue weighted by Gasteiger charge is -2.11. The summed E-state index contributed by atoms with van der Waals surface area (Å²) >= 11 is 0. The van der Waals surface area contributed by atoms with Gasteiger partial charge in [-0.3, -0.25) is 4.72 Å². The highest BCUT2D eigenvalue weighted by atomic mass is 32.2. The Morgan fingerprint density at radius 3 is 1.92 bits per heavy atom. The van der Waals surface area contributed by atoms with Crippen LogP contribution in [-0.4, -0.2) is 13.0 Å². The first-order chi connectivity index (χ1) is 11.4. The van der Waals surface area contributed by atoms with Crippen LogP contribution in [0.5, 0.6) is 0 Å². The number of hydrogen-bond donors (Lipinski definition) is 1. The number of benzene rings is 2. The lowest BCUT2D eigenvalue weighted by Crippen LogP contribution is -2.13. The first-order valence-electron chi connectivity index (χ1n) is 7.40. The monoisotopic (exact) mass is 344 g/mol. The molecule has 4 nitrogen and oxygen atoms in total. The van der Waals surface area contributed by atoms with Gasteiger partial charge in [-0.2, -0.15) is 0 Å². The molecule has 0 atom stereocenters. The van der Waals surface area contributed by atoms with Gasteiger partial charge in [0.05, 0.1) is 4.90 Å². The summed E-state index contributed by atoms with van der Waals surface area (Å²) in [4.78, 5) is 0.151. The van der Waals surface area contributed by atoms with E-state index in [9.17, 15) is 12.8 Å². The van der Waals surface area contributed by atoms with Crippen molar-refractivity contribution < 1.29 is 12.8 Å². The van der Waals surface area contributed by atoms with Crippen LogP contribution in [0.3, 0.4) is 0 Å². The van der Waals surface area contributed by atoms with Crippen molar-refractivity contribution in [3.05, 3.63) is 77.9 Å². The van der Waals surface area contributed by atoms with E-state index in [1.807, 2.05) is 30.5 Å². The molecular weight excluding hydrogens is 327 g/mol. The van der Waals surface area contributed by atoms with E-state index >= 15 is 0 Å². The molecular formula is C18H17FN2O2S. The normalized spacial score (nSPS) is 11.5. The quantitative estimate of drug-likeness (QED) is 0.777. The zero-order valence-electron chi connectivity index (χ0n) is 13.3. The number of aryl methyl sites for hydroxylation is 2. The van der Waals surface area contributed by atoms with E-state index in [0.29, 0.717) is 5.69 Å². The largest absolute Gasteiger partial charge is 0.319 e. The summed E-state index contributed by atoms with van der Waals surface area (Å²) in [5, 5.41) is 0. The summed E-state index contributed by atoms with van der Waals surface area (Å²) in [6.45, 7) is 3.99. The Balaban J connectivity index is 1.88. The maximum Gasteiger partial charge on any atom is 0.261 e. The zero-order valence-corrected chi connectivity index (χ0v) is 14.1. The molecule has 1 heterocycles. The third-order valence-corrected chi connectivity index (χ3v) is 5.17. The van der Waals surface area contributed by atoms with Crippen LogP contribution in [-0.2, 0) is 10.0 Å². The number of halogens is 1. The third kappa shape index (κ3) is 3.19. The Kier molecular flexibility index (Phi) is 4.15. The summed E-state index contributed by atoms with van der Waals surface area (Å²) in [6, 6.07) is 15.8. The highest BCUT2D eigenvalue weighted by molar-refractivity contribution is 7.92. The van der Waals surface area contributed by atoms with E-state index in [4.69, 9.17) is 0 Å². The van der Waals surface area contributed by atoms with Crippen LogP contribution in [0.2, 0.25) is 0 Å². The maximum atomic E-state index is 12.9. The Morgan fingerprint density at radius 2 is 1.38 bits per heavy atom. The molecule has 2 aromatic carbocycles. The van der Waals surface area contributed by atoms with Crippen molar-refractivity contribution in [1.29, 1.82) is 0 Å². The van der Waals surface area contributed by atoms with E-state index in [1.165, 1.54) is 24.3 Å². The summed E-state index contributed by atoms with van der Waals surface area (Å²) in [5.41, 5.74) is 3.37. The van der Waals surface area contributed by atoms with Gasteiger partial charge in [-0.25, -0.2) is 12.8 Å². The minimum absolute atomic E-state index is 0.151. The van der Waals surface area contributed by atoms with E-state index in [0.717, 1.165) is 17.1 Å². The van der Waals surface area contributed by atoms with Gasteiger partial charge in [-0.15, -0.1) is 0 Å². The van der Waals surface area contributed by atoms with Gasteiger partial charge in [0.2, 0.25) is 0 Å². The molecule has 24 heavy (non-hydrogen) atoms. The van der Waals surface area contributed by atoms with Crippen LogP contribution in [0.25, 0.3) is 5.69 Å². The van der Waals surface area contributed by atoms with Crippen LogP contribution >= 0.6 is 0 Å². The first-order valence-corrected chi connectivity index (χ1v) is 8.89. The predicted octanol–water partition coefficient (Wildman–Crippen LogP) is 4.03. The second-order valence-electron chi connectivity index (χ2n) is 5.56. The molecule has 0 radical (unpaired) electrons. The third-order valence-electron chi connectivity index (χ3n) is 3.77. The Morgan fingerprint density at radius 1 is 0.833 bits per heavy atom. The molecule has 0 saturated carbocycles. The topological polar surface area (TPSA) is 51.1 Å². The van der Waals surface area contributed by atoms with E-state index in [2.05, 4.69) is 4.72 Å². The van der Waals surface area contributed by atoms with Crippen LogP contribution in [0, 0.1) is 19.7 Å². The molecule has 0 amide bonds. The Bertz CT molecular complexity index is 940. The molecule has 0 saturated heterocycles. The van der Waals surface area contributed by atoms with Crippen molar-refractivity contribution in [2.75, 3.05) is 4.72 Å². The van der Waals surface area contributed by atoms with Crippen molar-refractivity contribution in [3.8, 4) is 5.69 Å². The zero-order chi connectivity index (χ0) is 17.3. The minimum atomic E-state index is -3.71. The molecule has 1 aromatic heterocycles. The van der Waals surface area contributed by atoms with Crippen molar-refractivity contribution >= 4 is 15.7 Å². The molecule has 0 aliphatic rings. The van der Waals surface area contributed by atoms with Gasteiger partial charge in [-0.05, 0) is 74.5 Å². The van der Waals surface area contributed by atoms with Gasteiger partial charge >= 0.3 is 0 Å². The first kappa shape index (κ1) is 16.3. The average molecular weight is 344 g/mol. The van der Waals surface area contributed by atoms with Crippen molar-refractivity contribution in [1.82, 2.24) is 4.57 Å².